The van der Waals surface area contributed by atoms with Gasteiger partial charge in [-0.15, -0.1) is 0 Å². The van der Waals surface area contributed by atoms with Crippen molar-refractivity contribution in [2.45, 2.75) is 28.1 Å². The van der Waals surface area contributed by atoms with E-state index in [1.54, 1.807) is 6.07 Å². The van der Waals surface area contributed by atoms with Gasteiger partial charge in [0.25, 0.3) is 0 Å². The molecular weight excluding hydrogens is 394 g/mol. The second-order valence-corrected chi connectivity index (χ2v) is 7.01. The number of aliphatic hydroxyl groups is 4. The van der Waals surface area contributed by atoms with Gasteiger partial charge in [0.15, 0.2) is 5.88 Å². The lowest BCUT2D eigenvalue weighted by Crippen LogP contribution is -2.70. The van der Waals surface area contributed by atoms with Gasteiger partial charge in [0.2, 0.25) is 4.51 Å². The molecule has 23 heavy (non-hydrogen) atoms. The zero-order valence-corrected chi connectivity index (χ0v) is 14.0. The van der Waals surface area contributed by atoms with Crippen LogP contribution in [-0.2, 0) is 4.74 Å². The van der Waals surface area contributed by atoms with Crippen LogP contribution in [0.15, 0.2) is 30.3 Å². The summed E-state index contributed by atoms with van der Waals surface area (Å²) in [4.78, 5) is 2.94. The Balaban J connectivity index is 1.94. The standard InChI is InChI=1S/C14H15BrClNO6/c15-13(21)12(20)11(19)9(6-18)22-14(13,16)23-10-5-7-3-1-2-4-8(7)17-10/h1-5,9,11-12,17-21H,6H2/t9-,11+,12+,13-,14?/m1/s1. The molecule has 9 heteroatoms. The van der Waals surface area contributed by atoms with Crippen molar-refractivity contribution in [1.29, 1.82) is 0 Å². The number of rotatable bonds is 3. The van der Waals surface area contributed by atoms with E-state index in [-0.39, 0.29) is 5.88 Å². The van der Waals surface area contributed by atoms with Crippen LogP contribution in [-0.4, -0.2) is 60.1 Å². The average Bonchev–Trinajstić information content (AvgIpc) is 2.91. The Labute approximate surface area is 144 Å². The molecule has 1 fully saturated rings. The van der Waals surface area contributed by atoms with Gasteiger partial charge >= 0.3 is 5.25 Å². The predicted molar refractivity (Wildman–Crippen MR) is 85.4 cm³/mol. The first kappa shape index (κ1) is 17.0. The van der Waals surface area contributed by atoms with Crippen LogP contribution >= 0.6 is 27.5 Å². The van der Waals surface area contributed by atoms with Crippen molar-refractivity contribution < 1.29 is 29.9 Å². The molecule has 2 heterocycles. The third-order valence-electron chi connectivity index (χ3n) is 3.74. The summed E-state index contributed by atoms with van der Waals surface area (Å²) in [5.41, 5.74) is 0.774. The van der Waals surface area contributed by atoms with Crippen LogP contribution in [0.25, 0.3) is 10.9 Å². The summed E-state index contributed by atoms with van der Waals surface area (Å²) in [5, 5.41) is 38.1. The molecular formula is C14H15BrClNO6. The van der Waals surface area contributed by atoms with Crippen molar-refractivity contribution in [3.05, 3.63) is 30.3 Å². The number of halogens is 2. The smallest absolute Gasteiger partial charge is 0.335 e. The van der Waals surface area contributed by atoms with Gasteiger partial charge < -0.3 is 34.9 Å². The lowest BCUT2D eigenvalue weighted by Gasteiger charge is -2.48. The molecule has 5 N–H and O–H groups in total. The normalized spacial score (nSPS) is 37.9. The fraction of sp³-hybridized carbons (Fsp3) is 0.429. The van der Waals surface area contributed by atoms with Gasteiger partial charge in [-0.25, -0.2) is 0 Å². The highest BCUT2D eigenvalue weighted by Gasteiger charge is 2.65. The van der Waals surface area contributed by atoms with Gasteiger partial charge in [0.05, 0.1) is 6.61 Å². The summed E-state index contributed by atoms with van der Waals surface area (Å²) < 4.78 is 8.47. The summed E-state index contributed by atoms with van der Waals surface area (Å²) in [6, 6.07) is 8.98. The molecule has 126 valence electrons. The third kappa shape index (κ3) is 2.74. The van der Waals surface area contributed by atoms with E-state index in [0.717, 1.165) is 10.9 Å². The summed E-state index contributed by atoms with van der Waals surface area (Å²) in [6.07, 6.45) is -4.54. The molecule has 3 rings (SSSR count). The molecule has 5 atom stereocenters. The quantitative estimate of drug-likeness (QED) is 0.476. The molecule has 0 saturated carbocycles. The minimum absolute atomic E-state index is 0.180. The topological polar surface area (TPSA) is 115 Å². The summed E-state index contributed by atoms with van der Waals surface area (Å²) in [5.74, 6) is 0.180. The van der Waals surface area contributed by atoms with Gasteiger partial charge in [0.1, 0.15) is 18.3 Å². The third-order valence-corrected chi connectivity index (χ3v) is 5.42. The van der Waals surface area contributed by atoms with E-state index in [0.29, 0.717) is 0 Å². The van der Waals surface area contributed by atoms with Crippen LogP contribution in [0.4, 0.5) is 0 Å². The van der Waals surface area contributed by atoms with Crippen molar-refractivity contribution >= 4 is 38.4 Å². The molecule has 1 aromatic carbocycles. The van der Waals surface area contributed by atoms with Crippen molar-refractivity contribution in [2.24, 2.45) is 0 Å². The number of nitrogens with one attached hydrogen (secondary N) is 1. The Hall–Kier alpha value is -0.870. The first-order valence-electron chi connectivity index (χ1n) is 6.80. The maximum absolute atomic E-state index is 10.4. The first-order valence-corrected chi connectivity index (χ1v) is 7.97. The van der Waals surface area contributed by atoms with E-state index in [2.05, 4.69) is 20.9 Å². The van der Waals surface area contributed by atoms with E-state index in [1.807, 2.05) is 24.3 Å². The molecule has 0 radical (unpaired) electrons. The molecule has 1 unspecified atom stereocenters. The Kier molecular flexibility index (Phi) is 4.35. The number of aliphatic hydroxyl groups excluding tert-OH is 3. The maximum atomic E-state index is 10.4. The summed E-state index contributed by atoms with van der Waals surface area (Å²) in [6.45, 7) is -0.619. The zero-order chi connectivity index (χ0) is 16.8. The van der Waals surface area contributed by atoms with Crippen LogP contribution in [0.2, 0.25) is 0 Å². The molecule has 0 bridgehead atoms. The molecule has 1 aromatic heterocycles. The predicted octanol–water partition coefficient (Wildman–Crippen LogP) is 0.636. The monoisotopic (exact) mass is 407 g/mol. The minimum atomic E-state index is -2.32. The Bertz CT molecular complexity index is 676. The SMILES string of the molecule is OC[C@H]1OC(Cl)(Oc2cc3ccccc3[nH]2)[C@@](O)(Br)[C@@H](O)[C@H]1O. The van der Waals surface area contributed by atoms with E-state index >= 15 is 0 Å². The molecule has 0 spiro atoms. The van der Waals surface area contributed by atoms with E-state index in [4.69, 9.17) is 21.1 Å². The average molecular weight is 409 g/mol. The molecule has 2 aromatic rings. The van der Waals surface area contributed by atoms with Crippen LogP contribution in [0.1, 0.15) is 0 Å². The van der Waals surface area contributed by atoms with Gasteiger partial charge in [-0.2, -0.15) is 0 Å². The van der Waals surface area contributed by atoms with Gasteiger partial charge in [-0.05, 0) is 33.6 Å². The number of H-pyrrole nitrogens is 1. The zero-order valence-electron chi connectivity index (χ0n) is 11.7. The molecule has 1 aliphatic rings. The van der Waals surface area contributed by atoms with Gasteiger partial charge in [-0.3, -0.25) is 0 Å². The van der Waals surface area contributed by atoms with E-state index in [9.17, 15) is 20.4 Å². The Morgan fingerprint density at radius 1 is 1.35 bits per heavy atom. The minimum Gasteiger partial charge on any atom is -0.429 e. The van der Waals surface area contributed by atoms with Gasteiger partial charge in [0, 0.05) is 17.0 Å². The van der Waals surface area contributed by atoms with E-state index < -0.39 is 34.7 Å². The first-order chi connectivity index (χ1) is 10.8. The number of alkyl halides is 2. The number of hydrogen-bond acceptors (Lipinski definition) is 6. The fourth-order valence-corrected chi connectivity index (χ4v) is 3.19. The molecule has 1 aliphatic heterocycles. The largest absolute Gasteiger partial charge is 0.429 e. The Morgan fingerprint density at radius 2 is 2.04 bits per heavy atom. The van der Waals surface area contributed by atoms with Crippen LogP contribution in [0, 0.1) is 0 Å². The second-order valence-electron chi connectivity index (χ2n) is 5.31. The second kappa shape index (κ2) is 5.89. The number of aromatic nitrogens is 1. The number of para-hydroxylation sites is 1. The summed E-state index contributed by atoms with van der Waals surface area (Å²) >= 11 is 9.07. The molecule has 1 saturated heterocycles. The van der Waals surface area contributed by atoms with E-state index in [1.165, 1.54) is 0 Å². The van der Waals surface area contributed by atoms with Gasteiger partial charge in [-0.1, -0.05) is 18.2 Å². The maximum Gasteiger partial charge on any atom is 0.335 e. The lowest BCUT2D eigenvalue weighted by molar-refractivity contribution is -0.310. The van der Waals surface area contributed by atoms with Crippen LogP contribution < -0.4 is 4.74 Å². The van der Waals surface area contributed by atoms with Crippen molar-refractivity contribution in [3.8, 4) is 5.88 Å². The van der Waals surface area contributed by atoms with Crippen molar-refractivity contribution in [1.82, 2.24) is 4.98 Å². The Morgan fingerprint density at radius 3 is 2.70 bits per heavy atom. The van der Waals surface area contributed by atoms with Crippen LogP contribution in [0.5, 0.6) is 5.88 Å². The van der Waals surface area contributed by atoms with Crippen LogP contribution in [0.3, 0.4) is 0 Å². The lowest BCUT2D eigenvalue weighted by atomic mass is 9.99. The molecule has 7 nitrogen and oxygen atoms in total. The summed E-state index contributed by atoms with van der Waals surface area (Å²) in [7, 11) is 0. The fourth-order valence-electron chi connectivity index (χ4n) is 2.44. The number of aromatic amines is 1. The molecule has 0 amide bonds. The number of ether oxygens (including phenoxy) is 2. The number of benzene rings is 1. The highest BCUT2D eigenvalue weighted by atomic mass is 79.9. The highest BCUT2D eigenvalue weighted by Crippen LogP contribution is 2.46. The number of hydrogen-bond donors (Lipinski definition) is 5. The molecule has 0 aliphatic carbocycles. The van der Waals surface area contributed by atoms with Crippen molar-refractivity contribution in [3.63, 3.8) is 0 Å². The van der Waals surface area contributed by atoms with Crippen molar-refractivity contribution in [2.75, 3.05) is 6.61 Å². The number of fused-ring (bicyclic) bond motifs is 1. The highest BCUT2D eigenvalue weighted by molar-refractivity contribution is 9.10.